The first-order valence-electron chi connectivity index (χ1n) is 7.17. The molecule has 2 rings (SSSR count). The van der Waals surface area contributed by atoms with Gasteiger partial charge in [-0.1, -0.05) is 30.0 Å². The van der Waals surface area contributed by atoms with E-state index < -0.39 is 5.76 Å². The summed E-state index contributed by atoms with van der Waals surface area (Å²) in [4.78, 5) is 2.54. The average molecular weight is 352 g/mol. The lowest BCUT2D eigenvalue weighted by Crippen LogP contribution is -2.40. The van der Waals surface area contributed by atoms with E-state index in [0.29, 0.717) is 21.8 Å². The molecule has 0 aliphatic carbocycles. The summed E-state index contributed by atoms with van der Waals surface area (Å²) in [6.45, 7) is 4.12. The summed E-state index contributed by atoms with van der Waals surface area (Å²) in [5.41, 5.74) is 1.78. The summed E-state index contributed by atoms with van der Waals surface area (Å²) in [6.07, 6.45) is 0. The topological polar surface area (TPSA) is 15.3 Å². The predicted molar refractivity (Wildman–Crippen MR) is 98.6 cm³/mol. The highest BCUT2D eigenvalue weighted by atomic mass is 32.2. The van der Waals surface area contributed by atoms with Crippen molar-refractivity contribution in [2.75, 3.05) is 10.2 Å². The number of rotatable bonds is 5. The van der Waals surface area contributed by atoms with Crippen LogP contribution in [0, 0.1) is 0 Å². The molecular formula is C17H18F2N2S2. The van der Waals surface area contributed by atoms with E-state index >= 15 is 0 Å². The number of para-hydroxylation sites is 1. The van der Waals surface area contributed by atoms with Crippen molar-refractivity contribution >= 4 is 40.5 Å². The van der Waals surface area contributed by atoms with Crippen LogP contribution in [-0.2, 0) is 0 Å². The zero-order valence-electron chi connectivity index (χ0n) is 12.9. The van der Waals surface area contributed by atoms with Crippen molar-refractivity contribution in [3.63, 3.8) is 0 Å². The number of hydrogen-bond acceptors (Lipinski definition) is 2. The Morgan fingerprint density at radius 2 is 1.65 bits per heavy atom. The van der Waals surface area contributed by atoms with E-state index in [1.807, 2.05) is 35.2 Å². The van der Waals surface area contributed by atoms with Gasteiger partial charge in [0.2, 0.25) is 0 Å². The van der Waals surface area contributed by atoms with Crippen molar-refractivity contribution < 1.29 is 8.78 Å². The third-order valence-electron chi connectivity index (χ3n) is 3.10. The number of nitrogens with zero attached hydrogens (tertiary/aromatic N) is 1. The van der Waals surface area contributed by atoms with Crippen molar-refractivity contribution in [2.24, 2.45) is 0 Å². The number of nitrogens with one attached hydrogen (secondary N) is 1. The maximum atomic E-state index is 12.3. The molecule has 122 valence electrons. The lowest BCUT2D eigenvalue weighted by Gasteiger charge is -2.29. The molecule has 2 aromatic carbocycles. The van der Waals surface area contributed by atoms with E-state index in [0.717, 1.165) is 11.4 Å². The maximum absolute atomic E-state index is 12.3. The first-order chi connectivity index (χ1) is 11.0. The molecule has 0 atom stereocenters. The number of thiocarbonyl (C=S) groups is 1. The fourth-order valence-corrected chi connectivity index (χ4v) is 3.07. The minimum absolute atomic E-state index is 0.186. The Morgan fingerprint density at radius 3 is 2.17 bits per heavy atom. The standard InChI is InChI=1S/C17H18F2N2S2/c1-12(2)21(14-6-4-3-5-7-14)17(22)20-13-8-10-15(11-9-13)23-16(18)19/h3-12,16H,1-2H3,(H,20,22). The molecule has 1 N–H and O–H groups in total. The first kappa shape index (κ1) is 17.7. The summed E-state index contributed by atoms with van der Waals surface area (Å²) >= 11 is 6.04. The van der Waals surface area contributed by atoms with Gasteiger partial charge in [-0.2, -0.15) is 8.78 Å². The molecule has 0 aliphatic rings. The number of hydrogen-bond donors (Lipinski definition) is 1. The third kappa shape index (κ3) is 5.18. The molecule has 0 saturated heterocycles. The maximum Gasteiger partial charge on any atom is 0.288 e. The Bertz CT molecular complexity index is 631. The second-order valence-electron chi connectivity index (χ2n) is 5.13. The van der Waals surface area contributed by atoms with Gasteiger partial charge in [0, 0.05) is 22.3 Å². The fraction of sp³-hybridized carbons (Fsp3) is 0.235. The smallest absolute Gasteiger partial charge is 0.288 e. The van der Waals surface area contributed by atoms with Gasteiger partial charge in [-0.25, -0.2) is 0 Å². The number of benzene rings is 2. The van der Waals surface area contributed by atoms with Crippen LogP contribution >= 0.6 is 24.0 Å². The van der Waals surface area contributed by atoms with Crippen LogP contribution in [0.15, 0.2) is 59.5 Å². The second-order valence-corrected chi connectivity index (χ2v) is 6.58. The molecule has 0 aliphatic heterocycles. The van der Waals surface area contributed by atoms with Crippen LogP contribution in [0.25, 0.3) is 0 Å². The van der Waals surface area contributed by atoms with Gasteiger partial charge in [0.05, 0.1) is 0 Å². The van der Waals surface area contributed by atoms with Gasteiger partial charge in [-0.3, -0.25) is 0 Å². The lowest BCUT2D eigenvalue weighted by molar-refractivity contribution is 0.252. The monoisotopic (exact) mass is 352 g/mol. The minimum atomic E-state index is -2.41. The molecule has 0 spiro atoms. The molecule has 2 nitrogen and oxygen atoms in total. The molecule has 0 heterocycles. The van der Waals surface area contributed by atoms with Crippen molar-refractivity contribution in [3.05, 3.63) is 54.6 Å². The van der Waals surface area contributed by atoms with E-state index in [9.17, 15) is 8.78 Å². The molecule has 0 aromatic heterocycles. The molecule has 6 heteroatoms. The Balaban J connectivity index is 2.10. The van der Waals surface area contributed by atoms with E-state index in [1.54, 1.807) is 24.3 Å². The van der Waals surface area contributed by atoms with Crippen molar-refractivity contribution in [1.82, 2.24) is 0 Å². The van der Waals surface area contributed by atoms with Crippen LogP contribution in [0.4, 0.5) is 20.2 Å². The largest absolute Gasteiger partial charge is 0.332 e. The highest BCUT2D eigenvalue weighted by Crippen LogP contribution is 2.26. The van der Waals surface area contributed by atoms with Gasteiger partial charge in [-0.05, 0) is 62.5 Å². The summed E-state index contributed by atoms with van der Waals surface area (Å²) < 4.78 is 24.7. The van der Waals surface area contributed by atoms with Crippen LogP contribution in [0.2, 0.25) is 0 Å². The van der Waals surface area contributed by atoms with Crippen molar-refractivity contribution in [3.8, 4) is 0 Å². The molecule has 0 bridgehead atoms. The van der Waals surface area contributed by atoms with Gasteiger partial charge >= 0.3 is 0 Å². The first-order valence-corrected chi connectivity index (χ1v) is 8.46. The van der Waals surface area contributed by atoms with Crippen LogP contribution in [0.5, 0.6) is 0 Å². The number of alkyl halides is 2. The van der Waals surface area contributed by atoms with Gasteiger partial charge in [0.1, 0.15) is 0 Å². The summed E-state index contributed by atoms with van der Waals surface area (Å²) in [5, 5.41) is 3.73. The van der Waals surface area contributed by atoms with Crippen molar-refractivity contribution in [1.29, 1.82) is 0 Å². The predicted octanol–water partition coefficient (Wildman–Crippen LogP) is 5.61. The van der Waals surface area contributed by atoms with E-state index in [1.165, 1.54) is 0 Å². The number of thioether (sulfide) groups is 1. The Morgan fingerprint density at radius 1 is 1.04 bits per heavy atom. The number of anilines is 2. The Labute approximate surface area is 144 Å². The summed E-state index contributed by atoms with van der Waals surface area (Å²) in [7, 11) is 0. The van der Waals surface area contributed by atoms with Crippen LogP contribution in [0.1, 0.15) is 13.8 Å². The highest BCUT2D eigenvalue weighted by molar-refractivity contribution is 7.99. The zero-order chi connectivity index (χ0) is 16.8. The molecule has 0 radical (unpaired) electrons. The SMILES string of the molecule is CC(C)N(C(=S)Nc1ccc(SC(F)F)cc1)c1ccccc1. The van der Waals surface area contributed by atoms with E-state index in [4.69, 9.17) is 12.2 Å². The highest BCUT2D eigenvalue weighted by Gasteiger charge is 2.15. The molecule has 0 amide bonds. The second kappa shape index (κ2) is 8.26. The van der Waals surface area contributed by atoms with E-state index in [2.05, 4.69) is 19.2 Å². The molecule has 0 saturated carbocycles. The lowest BCUT2D eigenvalue weighted by atomic mass is 10.2. The molecule has 0 fully saturated rings. The molecule has 2 aromatic rings. The average Bonchev–Trinajstić information content (AvgIpc) is 2.49. The Kier molecular flexibility index (Phi) is 6.36. The Hall–Kier alpha value is -1.66. The van der Waals surface area contributed by atoms with Crippen molar-refractivity contribution in [2.45, 2.75) is 30.5 Å². The molecular weight excluding hydrogens is 334 g/mol. The summed E-state index contributed by atoms with van der Waals surface area (Å²) in [6, 6.07) is 16.9. The van der Waals surface area contributed by atoms with Crippen LogP contribution in [0.3, 0.4) is 0 Å². The minimum Gasteiger partial charge on any atom is -0.332 e. The van der Waals surface area contributed by atoms with Gasteiger partial charge in [0.25, 0.3) is 5.76 Å². The quantitative estimate of drug-likeness (QED) is 0.555. The fourth-order valence-electron chi connectivity index (χ4n) is 2.14. The van der Waals surface area contributed by atoms with Gasteiger partial charge < -0.3 is 10.2 Å². The number of halogens is 2. The molecule has 23 heavy (non-hydrogen) atoms. The van der Waals surface area contributed by atoms with Gasteiger partial charge in [-0.15, -0.1) is 0 Å². The zero-order valence-corrected chi connectivity index (χ0v) is 14.5. The van der Waals surface area contributed by atoms with Crippen LogP contribution in [-0.4, -0.2) is 16.9 Å². The van der Waals surface area contributed by atoms with E-state index in [-0.39, 0.29) is 6.04 Å². The third-order valence-corrected chi connectivity index (χ3v) is 4.12. The van der Waals surface area contributed by atoms with Gasteiger partial charge in [0.15, 0.2) is 5.11 Å². The molecule has 0 unspecified atom stereocenters. The van der Waals surface area contributed by atoms with Crippen LogP contribution < -0.4 is 10.2 Å². The summed E-state index contributed by atoms with van der Waals surface area (Å²) in [5.74, 6) is -2.41. The normalized spacial score (nSPS) is 10.9.